The van der Waals surface area contributed by atoms with Crippen LogP contribution in [0.1, 0.15) is 278 Å². The van der Waals surface area contributed by atoms with Gasteiger partial charge < -0.3 is 24.2 Å². The Bertz CT molecular complexity index is 1630. The van der Waals surface area contributed by atoms with E-state index in [4.69, 9.17) is 23.3 Å². The van der Waals surface area contributed by atoms with E-state index in [2.05, 4.69) is 106 Å². The van der Waals surface area contributed by atoms with Gasteiger partial charge in [-0.3, -0.25) is 23.4 Å². The van der Waals surface area contributed by atoms with Crippen molar-refractivity contribution in [3.05, 3.63) is 85.1 Å². The minimum atomic E-state index is -4.76. The van der Waals surface area contributed by atoms with Gasteiger partial charge in [0.1, 0.15) is 12.7 Å². The molecule has 12 heteroatoms. The number of aliphatic hydroxyl groups excluding tert-OH is 1. The number of phosphoric acid groups is 1. The zero-order valence-electron chi connectivity index (χ0n) is 49.9. The van der Waals surface area contributed by atoms with Crippen LogP contribution in [-0.4, -0.2) is 66.5 Å². The van der Waals surface area contributed by atoms with Crippen molar-refractivity contribution in [3.63, 3.8) is 0 Å². The molecule has 0 radical (unpaired) electrons. The molecule has 0 amide bonds. The number of rotatable bonds is 58. The largest absolute Gasteiger partial charge is 0.472 e. The van der Waals surface area contributed by atoms with Gasteiger partial charge in [-0.25, -0.2) is 4.57 Å². The second kappa shape index (κ2) is 59.8. The molecule has 3 atom stereocenters. The van der Waals surface area contributed by atoms with Crippen LogP contribution in [0.5, 0.6) is 0 Å². The molecule has 0 spiro atoms. The predicted octanol–water partition coefficient (Wildman–Crippen LogP) is 19.0. The van der Waals surface area contributed by atoms with Crippen LogP contribution in [0.25, 0.3) is 0 Å². The Labute approximate surface area is 477 Å². The summed E-state index contributed by atoms with van der Waals surface area (Å²) < 4.78 is 39.6. The normalized spacial score (nSPS) is 13.9. The van der Waals surface area contributed by atoms with Crippen molar-refractivity contribution in [1.82, 2.24) is 0 Å². The van der Waals surface area contributed by atoms with Crippen LogP contribution in [0.15, 0.2) is 85.1 Å². The lowest BCUT2D eigenvalue weighted by molar-refractivity contribution is -0.161. The van der Waals surface area contributed by atoms with Crippen LogP contribution < -0.4 is 0 Å². The second-order valence-corrected chi connectivity index (χ2v) is 22.3. The maximum atomic E-state index is 12.9. The molecule has 11 nitrogen and oxygen atoms in total. The summed E-state index contributed by atoms with van der Waals surface area (Å²) in [4.78, 5) is 48.7. The topological polar surface area (TPSA) is 155 Å². The molecule has 3 unspecified atom stereocenters. The standard InChI is InChI=1S/C66H115O11P/c1-4-7-10-13-16-19-22-25-28-30-31-33-36-39-42-45-48-51-54-57-66(70)77-63(59-73-64(68)55-52-49-46-43-40-37-34-27-24-21-18-15-12-9-6-3)61-75-78(71,72)74-60-62(58-67)76-65(69)56-53-50-47-44-41-38-35-32-29-26-23-20-17-14-11-8-5-2/h9,12,16,18-19,21,25-29,31,33-34,62-63,67H,4-8,10-11,13-15,17,20,22-24,30,32,35-61H2,1-3H3,(H,71,72)/b12-9-,19-16-,21-18-,28-25-,29-26-,33-31-,34-27-. The minimum absolute atomic E-state index is 0.146. The van der Waals surface area contributed by atoms with Crippen LogP contribution in [0.3, 0.4) is 0 Å². The van der Waals surface area contributed by atoms with Gasteiger partial charge in [-0.1, -0.05) is 228 Å². The number of ether oxygens (including phenoxy) is 3. The predicted molar refractivity (Wildman–Crippen MR) is 325 cm³/mol. The molecule has 450 valence electrons. The molecule has 0 aliphatic heterocycles. The molecule has 0 aromatic rings. The highest BCUT2D eigenvalue weighted by Gasteiger charge is 2.28. The van der Waals surface area contributed by atoms with E-state index in [0.29, 0.717) is 19.3 Å². The van der Waals surface area contributed by atoms with Crippen molar-refractivity contribution >= 4 is 25.7 Å². The summed E-state index contributed by atoms with van der Waals surface area (Å²) in [5.74, 6) is -1.50. The van der Waals surface area contributed by atoms with Gasteiger partial charge >= 0.3 is 25.7 Å². The molecule has 2 N–H and O–H groups in total. The Kier molecular flexibility index (Phi) is 57.2. The third-order valence-electron chi connectivity index (χ3n) is 13.3. The van der Waals surface area contributed by atoms with Crippen molar-refractivity contribution in [2.45, 2.75) is 290 Å². The summed E-state index contributed by atoms with van der Waals surface area (Å²) in [6.07, 6.45) is 69.6. The molecule has 0 saturated carbocycles. The number of phosphoric ester groups is 1. The highest BCUT2D eigenvalue weighted by Crippen LogP contribution is 2.43. The molecular formula is C66H115O11P. The van der Waals surface area contributed by atoms with Crippen LogP contribution in [0.2, 0.25) is 0 Å². The number of hydrogen-bond donors (Lipinski definition) is 2. The summed E-state index contributed by atoms with van der Waals surface area (Å²) >= 11 is 0. The summed E-state index contributed by atoms with van der Waals surface area (Å²) in [5.41, 5.74) is 0. The van der Waals surface area contributed by atoms with Crippen LogP contribution in [0.4, 0.5) is 0 Å². The smallest absolute Gasteiger partial charge is 0.462 e. The zero-order valence-corrected chi connectivity index (χ0v) is 50.8. The van der Waals surface area contributed by atoms with E-state index in [1.807, 2.05) is 0 Å². The third-order valence-corrected chi connectivity index (χ3v) is 14.2. The van der Waals surface area contributed by atoms with E-state index < -0.39 is 57.8 Å². The van der Waals surface area contributed by atoms with E-state index in [1.165, 1.54) is 89.9 Å². The molecule has 0 rings (SSSR count). The molecule has 0 fully saturated rings. The molecule has 0 aliphatic rings. The zero-order chi connectivity index (χ0) is 56.9. The first-order valence-corrected chi connectivity index (χ1v) is 33.0. The van der Waals surface area contributed by atoms with Gasteiger partial charge in [0.05, 0.1) is 19.8 Å². The Balaban J connectivity index is 4.74. The van der Waals surface area contributed by atoms with Gasteiger partial charge in [-0.15, -0.1) is 0 Å². The molecular weight excluding hydrogens is 1000 g/mol. The summed E-state index contributed by atoms with van der Waals surface area (Å²) in [5, 5.41) is 9.85. The summed E-state index contributed by atoms with van der Waals surface area (Å²) in [6.45, 7) is 4.49. The van der Waals surface area contributed by atoms with Gasteiger partial charge in [0.25, 0.3) is 0 Å². The molecule has 0 aliphatic carbocycles. The van der Waals surface area contributed by atoms with E-state index >= 15 is 0 Å². The van der Waals surface area contributed by atoms with Crippen molar-refractivity contribution in [1.29, 1.82) is 0 Å². The highest BCUT2D eigenvalue weighted by atomic mass is 31.2. The average molecular weight is 1120 g/mol. The number of unbranched alkanes of at least 4 members (excludes halogenated alkanes) is 27. The molecule has 0 aromatic carbocycles. The fourth-order valence-electron chi connectivity index (χ4n) is 8.49. The fourth-order valence-corrected chi connectivity index (χ4v) is 9.27. The average Bonchev–Trinajstić information content (AvgIpc) is 3.43. The SMILES string of the molecule is CC/C=C\C/C=C\C/C=C\CCCCCCCC(=O)OCC(COP(=O)(O)OCC(CO)OC(=O)CCCCCCCCC/C=C\CCCCCCCC)OC(=O)CCCCCCCC/C=C\C/C=C\C/C=C\CCCCC. The van der Waals surface area contributed by atoms with E-state index in [0.717, 1.165) is 128 Å². The van der Waals surface area contributed by atoms with Gasteiger partial charge in [0, 0.05) is 19.3 Å². The van der Waals surface area contributed by atoms with Crippen molar-refractivity contribution in [2.24, 2.45) is 0 Å². The number of aliphatic hydroxyl groups is 1. The summed E-state index contributed by atoms with van der Waals surface area (Å²) in [7, 11) is -4.76. The van der Waals surface area contributed by atoms with Crippen molar-refractivity contribution in [3.8, 4) is 0 Å². The molecule has 78 heavy (non-hydrogen) atoms. The van der Waals surface area contributed by atoms with Crippen LogP contribution in [-0.2, 0) is 42.2 Å². The summed E-state index contributed by atoms with van der Waals surface area (Å²) in [6, 6.07) is 0. The molecule has 0 aromatic heterocycles. The van der Waals surface area contributed by atoms with E-state index in [-0.39, 0.29) is 25.9 Å². The molecule has 0 bridgehead atoms. The van der Waals surface area contributed by atoms with Gasteiger partial charge in [0.15, 0.2) is 6.10 Å². The quantitative estimate of drug-likeness (QED) is 0.0197. The lowest BCUT2D eigenvalue weighted by atomic mass is 10.1. The number of allylic oxidation sites excluding steroid dienone is 14. The number of esters is 3. The second-order valence-electron chi connectivity index (χ2n) is 20.8. The lowest BCUT2D eigenvalue weighted by Gasteiger charge is -2.21. The van der Waals surface area contributed by atoms with Gasteiger partial charge in [-0.05, 0) is 116 Å². The first-order valence-electron chi connectivity index (χ1n) is 31.5. The first-order chi connectivity index (χ1) is 38.2. The maximum absolute atomic E-state index is 12.9. The highest BCUT2D eigenvalue weighted by molar-refractivity contribution is 7.47. The third kappa shape index (κ3) is 57.3. The number of hydrogen-bond acceptors (Lipinski definition) is 10. The van der Waals surface area contributed by atoms with E-state index in [9.17, 15) is 28.9 Å². The molecule has 0 saturated heterocycles. The lowest BCUT2D eigenvalue weighted by Crippen LogP contribution is -2.30. The number of carbonyl (C=O) groups excluding carboxylic acids is 3. The van der Waals surface area contributed by atoms with Crippen LogP contribution in [0, 0.1) is 0 Å². The monoisotopic (exact) mass is 1110 g/mol. The van der Waals surface area contributed by atoms with Crippen LogP contribution >= 0.6 is 7.82 Å². The first kappa shape index (κ1) is 74.7. The fraction of sp³-hybridized carbons (Fsp3) is 0.742. The minimum Gasteiger partial charge on any atom is -0.462 e. The maximum Gasteiger partial charge on any atom is 0.472 e. The Morgan fingerprint density at radius 3 is 1.06 bits per heavy atom. The Hall–Kier alpha value is -3.34. The Morgan fingerprint density at radius 2 is 0.667 bits per heavy atom. The Morgan fingerprint density at radius 1 is 0.372 bits per heavy atom. The van der Waals surface area contributed by atoms with Crippen molar-refractivity contribution < 1.29 is 52.2 Å². The molecule has 0 heterocycles. The van der Waals surface area contributed by atoms with E-state index in [1.54, 1.807) is 0 Å². The van der Waals surface area contributed by atoms with Gasteiger partial charge in [0.2, 0.25) is 0 Å². The van der Waals surface area contributed by atoms with Gasteiger partial charge in [-0.2, -0.15) is 0 Å². The van der Waals surface area contributed by atoms with Crippen molar-refractivity contribution in [2.75, 3.05) is 26.4 Å². The number of carbonyl (C=O) groups is 3.